The van der Waals surface area contributed by atoms with E-state index in [4.69, 9.17) is 5.73 Å². The van der Waals surface area contributed by atoms with E-state index in [9.17, 15) is 0 Å². The Labute approximate surface area is 131 Å². The molecule has 0 aliphatic rings. The number of thiazole rings is 1. The van der Waals surface area contributed by atoms with E-state index in [0.717, 1.165) is 40.4 Å². The number of nitrogens with two attached hydrogens (primary N) is 1. The van der Waals surface area contributed by atoms with E-state index in [0.29, 0.717) is 0 Å². The van der Waals surface area contributed by atoms with Gasteiger partial charge in [0.15, 0.2) is 0 Å². The monoisotopic (exact) mass is 357 g/mol. The van der Waals surface area contributed by atoms with Gasteiger partial charge in [-0.2, -0.15) is 5.10 Å². The molecule has 0 aliphatic heterocycles. The zero-order valence-corrected chi connectivity index (χ0v) is 14.4. The van der Waals surface area contributed by atoms with Crippen LogP contribution in [0, 0.1) is 6.92 Å². The largest absolute Gasteiger partial charge is 0.322 e. The van der Waals surface area contributed by atoms with Gasteiger partial charge < -0.3 is 10.6 Å². The summed E-state index contributed by atoms with van der Waals surface area (Å²) in [7, 11) is 4.10. The average molecular weight is 358 g/mol. The van der Waals surface area contributed by atoms with Crippen LogP contribution in [0.15, 0.2) is 16.0 Å². The average Bonchev–Trinajstić information content (AvgIpc) is 2.93. The summed E-state index contributed by atoms with van der Waals surface area (Å²) in [6, 6.07) is -0.101. The van der Waals surface area contributed by atoms with Crippen molar-refractivity contribution in [3.8, 4) is 0 Å². The van der Waals surface area contributed by atoms with Gasteiger partial charge in [-0.25, -0.2) is 4.98 Å². The highest BCUT2D eigenvalue weighted by Crippen LogP contribution is 2.25. The first-order valence-corrected chi connectivity index (χ1v) is 8.17. The van der Waals surface area contributed by atoms with E-state index in [1.807, 2.05) is 17.8 Å². The van der Waals surface area contributed by atoms with Gasteiger partial charge in [-0.05, 0) is 36.9 Å². The molecule has 2 aromatic heterocycles. The van der Waals surface area contributed by atoms with Gasteiger partial charge >= 0.3 is 0 Å². The van der Waals surface area contributed by atoms with E-state index in [1.54, 1.807) is 11.3 Å². The zero-order chi connectivity index (χ0) is 14.7. The second-order valence-corrected chi connectivity index (χ2v) is 6.99. The highest BCUT2D eigenvalue weighted by molar-refractivity contribution is 9.10. The maximum absolute atomic E-state index is 6.35. The van der Waals surface area contributed by atoms with Crippen LogP contribution in [0.5, 0.6) is 0 Å². The summed E-state index contributed by atoms with van der Waals surface area (Å²) < 4.78 is 2.95. The molecule has 7 heteroatoms. The molecule has 2 N–H and O–H groups in total. The molecule has 0 aliphatic carbocycles. The van der Waals surface area contributed by atoms with Gasteiger partial charge in [0.2, 0.25) is 0 Å². The van der Waals surface area contributed by atoms with Crippen LogP contribution in [0.3, 0.4) is 0 Å². The lowest BCUT2D eigenvalue weighted by atomic mass is 10.1. The number of halogens is 1. The number of hydrogen-bond donors (Lipinski definition) is 1. The van der Waals surface area contributed by atoms with Crippen LogP contribution >= 0.6 is 27.3 Å². The van der Waals surface area contributed by atoms with Crippen molar-refractivity contribution in [3.05, 3.63) is 32.4 Å². The summed E-state index contributed by atoms with van der Waals surface area (Å²) in [5, 5.41) is 7.55. The van der Waals surface area contributed by atoms with Gasteiger partial charge in [-0.1, -0.05) is 0 Å². The van der Waals surface area contributed by atoms with Gasteiger partial charge in [-0.3, -0.25) is 4.68 Å². The molecule has 20 heavy (non-hydrogen) atoms. The molecular weight excluding hydrogens is 338 g/mol. The van der Waals surface area contributed by atoms with E-state index in [2.05, 4.69) is 50.4 Å². The van der Waals surface area contributed by atoms with Crippen LogP contribution < -0.4 is 5.73 Å². The van der Waals surface area contributed by atoms with Crippen LogP contribution in [0.1, 0.15) is 22.4 Å². The number of nitrogens with zero attached hydrogens (tertiary/aromatic N) is 4. The minimum atomic E-state index is -0.101. The molecule has 0 fully saturated rings. The third-order valence-corrected chi connectivity index (χ3v) is 4.47. The van der Waals surface area contributed by atoms with Crippen molar-refractivity contribution in [2.45, 2.75) is 25.9 Å². The summed E-state index contributed by atoms with van der Waals surface area (Å²) >= 11 is 5.21. The Kier molecular flexibility index (Phi) is 5.31. The number of aromatic nitrogens is 3. The molecule has 1 atom stereocenters. The highest BCUT2D eigenvalue weighted by Gasteiger charge is 2.18. The molecule has 0 saturated heterocycles. The third-order valence-electron chi connectivity index (χ3n) is 3.04. The van der Waals surface area contributed by atoms with Crippen molar-refractivity contribution >= 4 is 27.3 Å². The van der Waals surface area contributed by atoms with Crippen LogP contribution in [-0.2, 0) is 13.0 Å². The van der Waals surface area contributed by atoms with Gasteiger partial charge in [0.1, 0.15) is 0 Å². The summed E-state index contributed by atoms with van der Waals surface area (Å²) in [6.07, 6.45) is 2.55. The summed E-state index contributed by atoms with van der Waals surface area (Å²) in [6.45, 7) is 3.78. The standard InChI is InChI=1S/C13H20BrN5S/c1-9-17-10(8-20-9)6-12(15)13-11(14)7-16-19(13)5-4-18(2)3/h7-8,12H,4-6,15H2,1-3H3. The van der Waals surface area contributed by atoms with Crippen molar-refractivity contribution in [3.63, 3.8) is 0 Å². The van der Waals surface area contributed by atoms with Crippen molar-refractivity contribution < 1.29 is 0 Å². The smallest absolute Gasteiger partial charge is 0.0897 e. The second-order valence-electron chi connectivity index (χ2n) is 5.07. The SMILES string of the molecule is Cc1nc(CC(N)c2c(Br)cnn2CCN(C)C)cs1. The maximum atomic E-state index is 6.35. The molecule has 110 valence electrons. The fourth-order valence-corrected chi connectivity index (χ4v) is 3.25. The molecule has 1 unspecified atom stereocenters. The Bertz CT molecular complexity index is 563. The number of rotatable bonds is 6. The normalized spacial score (nSPS) is 13.1. The summed E-state index contributed by atoms with van der Waals surface area (Å²) in [4.78, 5) is 6.61. The highest BCUT2D eigenvalue weighted by atomic mass is 79.9. The Balaban J connectivity index is 2.12. The van der Waals surface area contributed by atoms with Gasteiger partial charge in [0.05, 0.1) is 39.7 Å². The van der Waals surface area contributed by atoms with E-state index >= 15 is 0 Å². The number of likely N-dealkylation sites (N-methyl/N-ethyl adjacent to an activating group) is 1. The summed E-state index contributed by atoms with van der Waals surface area (Å²) in [5.74, 6) is 0. The molecule has 5 nitrogen and oxygen atoms in total. The first-order chi connectivity index (χ1) is 9.47. The molecule has 0 bridgehead atoms. The third kappa shape index (κ3) is 3.88. The Morgan fingerprint density at radius 1 is 1.50 bits per heavy atom. The predicted molar refractivity (Wildman–Crippen MR) is 86.0 cm³/mol. The van der Waals surface area contributed by atoms with Crippen molar-refractivity contribution in [2.24, 2.45) is 5.73 Å². The molecule has 2 rings (SSSR count). The lowest BCUT2D eigenvalue weighted by molar-refractivity contribution is 0.366. The molecule has 0 aromatic carbocycles. The zero-order valence-electron chi connectivity index (χ0n) is 12.0. The predicted octanol–water partition coefficient (Wildman–Crippen LogP) is 2.21. The molecule has 0 spiro atoms. The van der Waals surface area contributed by atoms with Gasteiger partial charge in [0, 0.05) is 18.3 Å². The van der Waals surface area contributed by atoms with Crippen molar-refractivity contribution in [2.75, 3.05) is 20.6 Å². The quantitative estimate of drug-likeness (QED) is 0.860. The first-order valence-electron chi connectivity index (χ1n) is 6.50. The molecule has 0 saturated carbocycles. The fourth-order valence-electron chi connectivity index (χ4n) is 2.04. The van der Waals surface area contributed by atoms with Crippen molar-refractivity contribution in [1.29, 1.82) is 0 Å². The molecule has 0 amide bonds. The van der Waals surface area contributed by atoms with Crippen LogP contribution in [0.2, 0.25) is 0 Å². The minimum Gasteiger partial charge on any atom is -0.322 e. The molecule has 0 radical (unpaired) electrons. The molecule has 2 aromatic rings. The van der Waals surface area contributed by atoms with Crippen LogP contribution in [0.4, 0.5) is 0 Å². The first kappa shape index (κ1) is 15.6. The second kappa shape index (κ2) is 6.80. The van der Waals surface area contributed by atoms with Crippen LogP contribution in [0.25, 0.3) is 0 Å². The topological polar surface area (TPSA) is 60.0 Å². The fraction of sp³-hybridized carbons (Fsp3) is 0.538. The van der Waals surface area contributed by atoms with Gasteiger partial charge in [-0.15, -0.1) is 11.3 Å². The summed E-state index contributed by atoms with van der Waals surface area (Å²) in [5.41, 5.74) is 8.44. The van der Waals surface area contributed by atoms with Crippen molar-refractivity contribution in [1.82, 2.24) is 19.7 Å². The Hall–Kier alpha value is -0.760. The minimum absolute atomic E-state index is 0.101. The van der Waals surface area contributed by atoms with Gasteiger partial charge in [0.25, 0.3) is 0 Å². The lowest BCUT2D eigenvalue weighted by Gasteiger charge is -2.16. The lowest BCUT2D eigenvalue weighted by Crippen LogP contribution is -2.24. The van der Waals surface area contributed by atoms with E-state index in [1.165, 1.54) is 0 Å². The van der Waals surface area contributed by atoms with E-state index in [-0.39, 0.29) is 6.04 Å². The number of hydrogen-bond acceptors (Lipinski definition) is 5. The Morgan fingerprint density at radius 2 is 2.25 bits per heavy atom. The van der Waals surface area contributed by atoms with Crippen LogP contribution in [-0.4, -0.2) is 40.3 Å². The molecule has 2 heterocycles. The Morgan fingerprint density at radius 3 is 2.85 bits per heavy atom. The molecular formula is C13H20BrN5S. The van der Waals surface area contributed by atoms with E-state index < -0.39 is 0 Å². The maximum Gasteiger partial charge on any atom is 0.0897 e. The number of aryl methyl sites for hydroxylation is 1.